The Morgan fingerprint density at radius 1 is 1.75 bits per heavy atom. The molecule has 0 aromatic heterocycles. The number of nitrogens with zero attached hydrogens (tertiary/aromatic N) is 1. The van der Waals surface area contributed by atoms with Crippen molar-refractivity contribution in [1.29, 1.82) is 0 Å². The second-order valence-electron chi connectivity index (χ2n) is 2.53. The van der Waals surface area contributed by atoms with Crippen molar-refractivity contribution in [2.75, 3.05) is 18.6 Å². The van der Waals surface area contributed by atoms with E-state index >= 15 is 0 Å². The van der Waals surface area contributed by atoms with E-state index in [-0.39, 0.29) is 5.84 Å². The van der Waals surface area contributed by atoms with Gasteiger partial charge in [-0.15, -0.1) is 0 Å². The molecular weight excluding hydrogens is 174 g/mol. The van der Waals surface area contributed by atoms with Crippen molar-refractivity contribution in [3.63, 3.8) is 0 Å². The number of rotatable bonds is 6. The maximum Gasteiger partial charge on any atom is 0.153 e. The number of hydrogen-bond acceptors (Lipinski definition) is 4. The first kappa shape index (κ1) is 11.6. The van der Waals surface area contributed by atoms with Crippen LogP contribution in [0.1, 0.15) is 13.3 Å². The van der Waals surface area contributed by atoms with Gasteiger partial charge in [-0.3, -0.25) is 0 Å². The summed E-state index contributed by atoms with van der Waals surface area (Å²) in [5.74, 6) is 1.28. The van der Waals surface area contributed by atoms with Crippen LogP contribution < -0.4 is 11.1 Å². The van der Waals surface area contributed by atoms with Crippen molar-refractivity contribution in [3.8, 4) is 0 Å². The molecule has 0 rings (SSSR count). The molecule has 4 nitrogen and oxygen atoms in total. The lowest BCUT2D eigenvalue weighted by molar-refractivity contribution is 0.316. The molecule has 0 aromatic carbocycles. The molecular formula is C7H17N3OS. The molecule has 1 unspecified atom stereocenters. The predicted molar refractivity (Wildman–Crippen MR) is 53.9 cm³/mol. The molecule has 1 atom stereocenters. The number of hydrogen-bond donors (Lipinski definition) is 3. The van der Waals surface area contributed by atoms with Gasteiger partial charge in [0.1, 0.15) is 0 Å². The molecule has 0 aromatic rings. The molecule has 0 amide bonds. The predicted octanol–water partition coefficient (Wildman–Crippen LogP) is 0.464. The molecule has 0 saturated heterocycles. The summed E-state index contributed by atoms with van der Waals surface area (Å²) < 4.78 is 0. The first-order valence-electron chi connectivity index (χ1n) is 3.93. The second-order valence-corrected chi connectivity index (χ2v) is 3.44. The Balaban J connectivity index is 3.57. The van der Waals surface area contributed by atoms with E-state index in [2.05, 4.69) is 23.7 Å². The monoisotopic (exact) mass is 191 g/mol. The fraction of sp³-hybridized carbons (Fsp3) is 0.857. The summed E-state index contributed by atoms with van der Waals surface area (Å²) in [5, 5.41) is 14.3. The van der Waals surface area contributed by atoms with Crippen molar-refractivity contribution in [3.05, 3.63) is 0 Å². The zero-order chi connectivity index (χ0) is 9.40. The minimum absolute atomic E-state index is 0.231. The summed E-state index contributed by atoms with van der Waals surface area (Å²) in [4.78, 5) is 0. The van der Waals surface area contributed by atoms with E-state index in [0.717, 1.165) is 12.2 Å². The SMILES string of the molecule is CCC(CSC)NCC(N)=NO. The fourth-order valence-electron chi connectivity index (χ4n) is 0.807. The van der Waals surface area contributed by atoms with Gasteiger partial charge in [0.25, 0.3) is 0 Å². The highest BCUT2D eigenvalue weighted by atomic mass is 32.2. The number of thioether (sulfide) groups is 1. The smallest absolute Gasteiger partial charge is 0.153 e. The highest BCUT2D eigenvalue weighted by molar-refractivity contribution is 7.98. The van der Waals surface area contributed by atoms with Crippen LogP contribution in [0.4, 0.5) is 0 Å². The topological polar surface area (TPSA) is 70.6 Å². The van der Waals surface area contributed by atoms with E-state index in [4.69, 9.17) is 10.9 Å². The number of amidine groups is 1. The first-order valence-corrected chi connectivity index (χ1v) is 5.32. The van der Waals surface area contributed by atoms with Crippen molar-refractivity contribution in [2.45, 2.75) is 19.4 Å². The van der Waals surface area contributed by atoms with E-state index in [1.807, 2.05) is 0 Å². The van der Waals surface area contributed by atoms with Crippen molar-refractivity contribution >= 4 is 17.6 Å². The zero-order valence-corrected chi connectivity index (χ0v) is 8.40. The van der Waals surface area contributed by atoms with Crippen molar-refractivity contribution in [1.82, 2.24) is 5.32 Å². The Morgan fingerprint density at radius 3 is 2.83 bits per heavy atom. The lowest BCUT2D eigenvalue weighted by Crippen LogP contribution is -2.37. The van der Waals surface area contributed by atoms with Crippen LogP contribution in [0.2, 0.25) is 0 Å². The Hall–Kier alpha value is -0.420. The van der Waals surface area contributed by atoms with Crippen LogP contribution in [-0.4, -0.2) is 35.6 Å². The molecule has 0 bridgehead atoms. The minimum atomic E-state index is 0.231. The molecule has 0 spiro atoms. The van der Waals surface area contributed by atoms with Gasteiger partial charge in [-0.05, 0) is 12.7 Å². The highest BCUT2D eigenvalue weighted by Gasteiger charge is 2.04. The molecule has 0 heterocycles. The van der Waals surface area contributed by atoms with Crippen LogP contribution in [0, 0.1) is 0 Å². The van der Waals surface area contributed by atoms with Gasteiger partial charge in [0.05, 0.1) is 6.54 Å². The molecule has 72 valence electrons. The van der Waals surface area contributed by atoms with Crippen LogP contribution in [0.25, 0.3) is 0 Å². The second kappa shape index (κ2) is 7.24. The van der Waals surface area contributed by atoms with Crippen LogP contribution >= 0.6 is 11.8 Å². The zero-order valence-electron chi connectivity index (χ0n) is 7.58. The molecule has 5 heteroatoms. The van der Waals surface area contributed by atoms with Crippen molar-refractivity contribution < 1.29 is 5.21 Å². The average molecular weight is 191 g/mol. The highest BCUT2D eigenvalue weighted by Crippen LogP contribution is 1.99. The molecule has 12 heavy (non-hydrogen) atoms. The summed E-state index contributed by atoms with van der Waals surface area (Å²) in [7, 11) is 0. The van der Waals surface area contributed by atoms with Gasteiger partial charge < -0.3 is 16.3 Å². The van der Waals surface area contributed by atoms with Crippen LogP contribution in [0.15, 0.2) is 5.16 Å². The van der Waals surface area contributed by atoms with Gasteiger partial charge >= 0.3 is 0 Å². The summed E-state index contributed by atoms with van der Waals surface area (Å²) in [6.45, 7) is 2.57. The van der Waals surface area contributed by atoms with Crippen LogP contribution in [-0.2, 0) is 0 Å². The molecule has 0 radical (unpaired) electrons. The van der Waals surface area contributed by atoms with Crippen LogP contribution in [0.3, 0.4) is 0 Å². The summed E-state index contributed by atoms with van der Waals surface area (Å²) in [6.07, 6.45) is 3.12. The largest absolute Gasteiger partial charge is 0.409 e. The summed E-state index contributed by atoms with van der Waals surface area (Å²) in [5.41, 5.74) is 5.30. The van der Waals surface area contributed by atoms with Gasteiger partial charge in [-0.25, -0.2) is 0 Å². The average Bonchev–Trinajstić information content (AvgIpc) is 2.11. The Morgan fingerprint density at radius 2 is 2.42 bits per heavy atom. The third-order valence-electron chi connectivity index (χ3n) is 1.56. The molecule has 0 saturated carbocycles. The maximum absolute atomic E-state index is 8.27. The molecule has 0 aliphatic heterocycles. The van der Waals surface area contributed by atoms with Gasteiger partial charge in [0.2, 0.25) is 0 Å². The van der Waals surface area contributed by atoms with Gasteiger partial charge in [0, 0.05) is 11.8 Å². The van der Waals surface area contributed by atoms with E-state index in [0.29, 0.717) is 12.6 Å². The third kappa shape index (κ3) is 5.26. The molecule has 0 aliphatic carbocycles. The van der Waals surface area contributed by atoms with Crippen molar-refractivity contribution in [2.24, 2.45) is 10.9 Å². The van der Waals surface area contributed by atoms with E-state index in [1.165, 1.54) is 0 Å². The fourth-order valence-corrected chi connectivity index (χ4v) is 1.56. The summed E-state index contributed by atoms with van der Waals surface area (Å²) in [6, 6.07) is 0.445. The van der Waals surface area contributed by atoms with Crippen LogP contribution in [0.5, 0.6) is 0 Å². The standard InChI is InChI=1S/C7H17N3OS/c1-3-6(5-12-2)9-4-7(8)10-11/h6,9,11H,3-5H2,1-2H3,(H2,8,10). The summed E-state index contributed by atoms with van der Waals surface area (Å²) >= 11 is 1.79. The Kier molecular flexibility index (Phi) is 6.99. The molecule has 0 fully saturated rings. The minimum Gasteiger partial charge on any atom is -0.409 e. The van der Waals surface area contributed by atoms with E-state index in [1.54, 1.807) is 11.8 Å². The van der Waals surface area contributed by atoms with E-state index in [9.17, 15) is 0 Å². The lowest BCUT2D eigenvalue weighted by Gasteiger charge is -2.14. The Labute approximate surface area is 77.6 Å². The number of nitrogens with two attached hydrogens (primary N) is 1. The first-order chi connectivity index (χ1) is 5.74. The molecule has 4 N–H and O–H groups in total. The van der Waals surface area contributed by atoms with E-state index < -0.39 is 0 Å². The quantitative estimate of drug-likeness (QED) is 0.247. The van der Waals surface area contributed by atoms with Gasteiger partial charge in [-0.2, -0.15) is 11.8 Å². The number of oxime groups is 1. The molecule has 0 aliphatic rings. The third-order valence-corrected chi connectivity index (χ3v) is 2.30. The van der Waals surface area contributed by atoms with Gasteiger partial charge in [-0.1, -0.05) is 12.1 Å². The lowest BCUT2D eigenvalue weighted by atomic mass is 10.2. The number of nitrogens with one attached hydrogen (secondary N) is 1. The van der Waals surface area contributed by atoms with Gasteiger partial charge in [0.15, 0.2) is 5.84 Å². The Bertz CT molecular complexity index is 141. The normalized spacial score (nSPS) is 14.7. The maximum atomic E-state index is 8.27.